The number of nitrogens with one attached hydrogen (secondary N) is 1. The van der Waals surface area contributed by atoms with Gasteiger partial charge in [0.2, 0.25) is 0 Å². The van der Waals surface area contributed by atoms with Gasteiger partial charge in [0.25, 0.3) is 0 Å². The van der Waals surface area contributed by atoms with E-state index in [9.17, 15) is 9.59 Å². The van der Waals surface area contributed by atoms with Gasteiger partial charge in [-0.15, -0.1) is 0 Å². The molecule has 0 spiro atoms. The molecular weight excluding hydrogens is 324 g/mol. The molecule has 1 aromatic carbocycles. The fourth-order valence-electron chi connectivity index (χ4n) is 1.66. The van der Waals surface area contributed by atoms with Gasteiger partial charge in [0.05, 0.1) is 0 Å². The number of rotatable bonds is 5. The minimum atomic E-state index is -1.02. The van der Waals surface area contributed by atoms with Crippen LogP contribution in [0.3, 0.4) is 0 Å². The van der Waals surface area contributed by atoms with Gasteiger partial charge in [-0.25, -0.2) is 4.79 Å². The predicted molar refractivity (Wildman–Crippen MR) is 82.0 cm³/mol. The van der Waals surface area contributed by atoms with Gasteiger partial charge < -0.3 is 15.3 Å². The van der Waals surface area contributed by atoms with E-state index in [0.717, 1.165) is 10.0 Å². The zero-order valence-electron chi connectivity index (χ0n) is 11.8. The van der Waals surface area contributed by atoms with Crippen molar-refractivity contribution in [1.82, 2.24) is 4.90 Å². The van der Waals surface area contributed by atoms with Crippen molar-refractivity contribution in [2.75, 3.05) is 11.9 Å². The monoisotopic (exact) mass is 342 g/mol. The molecule has 1 aromatic rings. The molecule has 0 saturated carbocycles. The molecule has 20 heavy (non-hydrogen) atoms. The largest absolute Gasteiger partial charge is 0.480 e. The van der Waals surface area contributed by atoms with Crippen LogP contribution >= 0.6 is 15.9 Å². The second-order valence-corrected chi connectivity index (χ2v) is 5.53. The summed E-state index contributed by atoms with van der Waals surface area (Å²) in [5, 5.41) is 11.6. The van der Waals surface area contributed by atoms with Crippen molar-refractivity contribution in [2.45, 2.75) is 33.2 Å². The SMILES string of the molecule is CCC(C)N(CC(=O)O)C(=O)Nc1ccc(C)c(Br)c1. The Morgan fingerprint density at radius 3 is 2.60 bits per heavy atom. The molecule has 1 rings (SSSR count). The van der Waals surface area contributed by atoms with Crippen molar-refractivity contribution in [2.24, 2.45) is 0 Å². The normalized spacial score (nSPS) is 11.8. The smallest absolute Gasteiger partial charge is 0.323 e. The molecule has 2 amide bonds. The van der Waals surface area contributed by atoms with Gasteiger partial charge in [0.1, 0.15) is 6.54 Å². The fourth-order valence-corrected chi connectivity index (χ4v) is 2.04. The molecule has 0 saturated heterocycles. The Bertz CT molecular complexity index is 505. The summed E-state index contributed by atoms with van der Waals surface area (Å²) >= 11 is 3.40. The Hall–Kier alpha value is -1.56. The highest BCUT2D eigenvalue weighted by Crippen LogP contribution is 2.21. The third kappa shape index (κ3) is 4.52. The highest BCUT2D eigenvalue weighted by atomic mass is 79.9. The number of urea groups is 1. The minimum absolute atomic E-state index is 0.139. The molecule has 5 nitrogen and oxygen atoms in total. The van der Waals surface area contributed by atoms with Crippen LogP contribution in [0.5, 0.6) is 0 Å². The Kier molecular flexibility index (Phi) is 6.01. The van der Waals surface area contributed by atoms with Crippen molar-refractivity contribution >= 4 is 33.6 Å². The molecule has 0 heterocycles. The number of carbonyl (C=O) groups is 2. The molecule has 6 heteroatoms. The summed E-state index contributed by atoms with van der Waals surface area (Å²) in [5.41, 5.74) is 1.69. The van der Waals surface area contributed by atoms with Crippen molar-refractivity contribution in [1.29, 1.82) is 0 Å². The summed E-state index contributed by atoms with van der Waals surface area (Å²) in [6.45, 7) is 5.38. The van der Waals surface area contributed by atoms with E-state index in [1.54, 1.807) is 12.1 Å². The third-order valence-electron chi connectivity index (χ3n) is 3.11. The van der Waals surface area contributed by atoms with Crippen LogP contribution < -0.4 is 5.32 Å². The lowest BCUT2D eigenvalue weighted by Crippen LogP contribution is -2.44. The number of benzene rings is 1. The lowest BCUT2D eigenvalue weighted by atomic mass is 10.2. The van der Waals surface area contributed by atoms with Gasteiger partial charge in [-0.1, -0.05) is 28.9 Å². The Balaban J connectivity index is 2.84. The summed E-state index contributed by atoms with van der Waals surface area (Å²) in [6.07, 6.45) is 0.693. The number of aliphatic carboxylic acids is 1. The van der Waals surface area contributed by atoms with Crippen LogP contribution in [0.15, 0.2) is 22.7 Å². The molecular formula is C14H19BrN2O3. The molecule has 0 fully saturated rings. The standard InChI is InChI=1S/C14H19BrN2O3/c1-4-10(3)17(8-13(18)19)14(20)16-11-6-5-9(2)12(15)7-11/h5-7,10H,4,8H2,1-3H3,(H,16,20)(H,18,19). The van der Waals surface area contributed by atoms with E-state index in [2.05, 4.69) is 21.2 Å². The molecule has 0 radical (unpaired) electrons. The molecule has 0 aliphatic rings. The van der Waals surface area contributed by atoms with Crippen LogP contribution in [0.4, 0.5) is 10.5 Å². The number of carbonyl (C=O) groups excluding carboxylic acids is 1. The van der Waals surface area contributed by atoms with E-state index in [0.29, 0.717) is 12.1 Å². The number of amides is 2. The van der Waals surface area contributed by atoms with Crippen LogP contribution in [0, 0.1) is 6.92 Å². The quantitative estimate of drug-likeness (QED) is 0.860. The van der Waals surface area contributed by atoms with E-state index >= 15 is 0 Å². The summed E-state index contributed by atoms with van der Waals surface area (Å²) in [5.74, 6) is -1.02. The fraction of sp³-hybridized carbons (Fsp3) is 0.429. The molecule has 1 unspecified atom stereocenters. The first-order valence-corrected chi connectivity index (χ1v) is 7.20. The molecule has 0 aliphatic carbocycles. The Labute approximate surface area is 127 Å². The number of hydrogen-bond donors (Lipinski definition) is 2. The first-order valence-electron chi connectivity index (χ1n) is 6.40. The number of hydrogen-bond acceptors (Lipinski definition) is 2. The molecule has 0 bridgehead atoms. The summed E-state index contributed by atoms with van der Waals surface area (Å²) in [4.78, 5) is 24.4. The van der Waals surface area contributed by atoms with Gasteiger partial charge in [0.15, 0.2) is 0 Å². The zero-order valence-corrected chi connectivity index (χ0v) is 13.4. The highest BCUT2D eigenvalue weighted by Gasteiger charge is 2.21. The van der Waals surface area contributed by atoms with E-state index in [4.69, 9.17) is 5.11 Å². The molecule has 2 N–H and O–H groups in total. The highest BCUT2D eigenvalue weighted by molar-refractivity contribution is 9.10. The van der Waals surface area contributed by atoms with Crippen LogP contribution in [0.25, 0.3) is 0 Å². The van der Waals surface area contributed by atoms with E-state index < -0.39 is 12.0 Å². The second-order valence-electron chi connectivity index (χ2n) is 4.67. The number of carboxylic acid groups (broad SMARTS) is 1. The van der Waals surface area contributed by atoms with Crippen molar-refractivity contribution in [3.05, 3.63) is 28.2 Å². The second kappa shape index (κ2) is 7.28. The average Bonchev–Trinajstić information content (AvgIpc) is 2.39. The van der Waals surface area contributed by atoms with E-state index in [1.807, 2.05) is 26.8 Å². The lowest BCUT2D eigenvalue weighted by Gasteiger charge is -2.27. The van der Waals surface area contributed by atoms with Crippen LogP contribution in [-0.4, -0.2) is 34.6 Å². The Morgan fingerprint density at radius 2 is 2.10 bits per heavy atom. The first-order chi connectivity index (χ1) is 9.35. The number of halogens is 1. The Morgan fingerprint density at radius 1 is 1.45 bits per heavy atom. The van der Waals surface area contributed by atoms with E-state index in [1.165, 1.54) is 4.90 Å². The van der Waals surface area contributed by atoms with Crippen LogP contribution in [0.1, 0.15) is 25.8 Å². The summed E-state index contributed by atoms with van der Waals surface area (Å²) < 4.78 is 0.892. The maximum absolute atomic E-state index is 12.2. The topological polar surface area (TPSA) is 69.6 Å². The van der Waals surface area contributed by atoms with Gasteiger partial charge in [0, 0.05) is 16.2 Å². The lowest BCUT2D eigenvalue weighted by molar-refractivity contribution is -0.138. The molecule has 1 atom stereocenters. The maximum atomic E-state index is 12.2. The number of anilines is 1. The average molecular weight is 343 g/mol. The summed E-state index contributed by atoms with van der Waals surface area (Å²) in [6, 6.07) is 4.92. The first kappa shape index (κ1) is 16.5. The molecule has 110 valence electrons. The maximum Gasteiger partial charge on any atom is 0.323 e. The summed E-state index contributed by atoms with van der Waals surface area (Å²) in [7, 11) is 0. The molecule has 0 aromatic heterocycles. The van der Waals surface area contributed by atoms with Gasteiger partial charge in [-0.05, 0) is 38.0 Å². The number of aryl methyl sites for hydroxylation is 1. The van der Waals surface area contributed by atoms with Crippen molar-refractivity contribution in [3.8, 4) is 0 Å². The number of carboxylic acids is 1. The van der Waals surface area contributed by atoms with Crippen molar-refractivity contribution in [3.63, 3.8) is 0 Å². The molecule has 0 aliphatic heterocycles. The van der Waals surface area contributed by atoms with Crippen molar-refractivity contribution < 1.29 is 14.7 Å². The van der Waals surface area contributed by atoms with Crippen LogP contribution in [0.2, 0.25) is 0 Å². The zero-order chi connectivity index (χ0) is 15.3. The minimum Gasteiger partial charge on any atom is -0.480 e. The predicted octanol–water partition coefficient (Wildman–Crippen LogP) is 3.47. The third-order valence-corrected chi connectivity index (χ3v) is 3.97. The van der Waals surface area contributed by atoms with Gasteiger partial charge in [-0.2, -0.15) is 0 Å². The van der Waals surface area contributed by atoms with E-state index in [-0.39, 0.29) is 12.6 Å². The van der Waals surface area contributed by atoms with Crippen LogP contribution in [-0.2, 0) is 4.79 Å². The number of nitrogens with zero attached hydrogens (tertiary/aromatic N) is 1. The van der Waals surface area contributed by atoms with Gasteiger partial charge >= 0.3 is 12.0 Å². The van der Waals surface area contributed by atoms with Gasteiger partial charge in [-0.3, -0.25) is 4.79 Å².